The second kappa shape index (κ2) is 8.81. The third kappa shape index (κ3) is 3.76. The summed E-state index contributed by atoms with van der Waals surface area (Å²) in [6.45, 7) is 0. The van der Waals surface area contributed by atoms with E-state index in [-0.39, 0.29) is 0 Å². The Balaban J connectivity index is 1.60. The molecule has 0 fully saturated rings. The molecule has 35 heavy (non-hydrogen) atoms. The predicted molar refractivity (Wildman–Crippen MR) is 145 cm³/mol. The van der Waals surface area contributed by atoms with E-state index < -0.39 is 17.8 Å². The third-order valence-electron chi connectivity index (χ3n) is 6.17. The van der Waals surface area contributed by atoms with E-state index >= 15 is 0 Å². The summed E-state index contributed by atoms with van der Waals surface area (Å²) in [5.41, 5.74) is 2.75. The summed E-state index contributed by atoms with van der Waals surface area (Å²) in [7, 11) is -4.67. The van der Waals surface area contributed by atoms with Gasteiger partial charge in [0.05, 0.1) is 9.79 Å². The van der Waals surface area contributed by atoms with Crippen LogP contribution >= 0.6 is 7.92 Å². The lowest BCUT2D eigenvalue weighted by Crippen LogP contribution is -2.33. The zero-order chi connectivity index (χ0) is 23.8. The fourth-order valence-corrected chi connectivity index (χ4v) is 9.67. The fraction of sp³-hybridized carbons (Fsp3) is 0. The van der Waals surface area contributed by atoms with Crippen LogP contribution in [0.2, 0.25) is 0 Å². The summed E-state index contributed by atoms with van der Waals surface area (Å²) in [5, 5.41) is 2.90. The first-order chi connectivity index (χ1) is 17.1. The molecule has 1 atom stereocenters. The smallest absolute Gasteiger partial charge is 0.207 e. The molecule has 0 bridgehead atoms. The van der Waals surface area contributed by atoms with Crippen molar-refractivity contribution in [1.82, 2.24) is 0 Å². The highest BCUT2D eigenvalue weighted by molar-refractivity contribution is 7.95. The maximum absolute atomic E-state index is 13.9. The molecule has 0 radical (unpaired) electrons. The quantitative estimate of drug-likeness (QED) is 0.281. The summed E-state index contributed by atoms with van der Waals surface area (Å²) in [6, 6.07) is 43.6. The van der Waals surface area contributed by atoms with E-state index in [0.717, 1.165) is 33.0 Å². The fourth-order valence-electron chi connectivity index (χ4n) is 4.62. The Kier molecular flexibility index (Phi) is 5.49. The minimum Gasteiger partial charge on any atom is -0.310 e. The number of nitrogens with zero attached hydrogens (tertiary/aromatic N) is 1. The molecule has 1 aliphatic heterocycles. The van der Waals surface area contributed by atoms with Crippen molar-refractivity contribution in [2.24, 2.45) is 0 Å². The maximum atomic E-state index is 13.9. The van der Waals surface area contributed by atoms with Gasteiger partial charge in [-0.2, -0.15) is 0 Å². The van der Waals surface area contributed by atoms with Gasteiger partial charge in [-0.15, -0.1) is 0 Å². The molecule has 0 saturated heterocycles. The van der Waals surface area contributed by atoms with Crippen molar-refractivity contribution >= 4 is 50.7 Å². The molecule has 5 heteroatoms. The van der Waals surface area contributed by atoms with Crippen molar-refractivity contribution < 1.29 is 8.42 Å². The highest BCUT2D eigenvalue weighted by Gasteiger charge is 2.36. The van der Waals surface area contributed by atoms with Crippen LogP contribution in [0.3, 0.4) is 0 Å². The van der Waals surface area contributed by atoms with Crippen LogP contribution in [0.1, 0.15) is 0 Å². The van der Waals surface area contributed by atoms with Crippen LogP contribution < -0.4 is 20.8 Å². The van der Waals surface area contributed by atoms with Gasteiger partial charge in [0.25, 0.3) is 0 Å². The number of sulfone groups is 1. The number of anilines is 3. The Morgan fingerprint density at radius 3 is 1.63 bits per heavy atom. The minimum atomic E-state index is -3.67. The molecule has 170 valence electrons. The predicted octanol–water partition coefficient (Wildman–Crippen LogP) is 6.06. The molecule has 5 aromatic carbocycles. The SMILES string of the molecule is O=S1(=O)c2ccccc2P(c2ccccc2)c2ccc(N(c3ccccc3)c3ccccc3)cc21. The average Bonchev–Trinajstić information content (AvgIpc) is 2.91. The second-order valence-electron chi connectivity index (χ2n) is 8.30. The Bertz CT molecular complexity index is 1570. The van der Waals surface area contributed by atoms with E-state index in [0.29, 0.717) is 9.79 Å². The standard InChI is InChI=1S/C30H22NO2PS/c32-35(33)29-19-11-10-18-27(29)34(26-16-8-3-9-17-26)28-21-20-25(22-30(28)35)31(23-12-4-1-5-13-23)24-14-6-2-7-15-24/h1-22H. The number of hydrogen-bond donors (Lipinski definition) is 0. The van der Waals surface area contributed by atoms with Crippen LogP contribution in [0.15, 0.2) is 143 Å². The van der Waals surface area contributed by atoms with Crippen LogP contribution in [0.5, 0.6) is 0 Å². The number of rotatable bonds is 4. The van der Waals surface area contributed by atoms with Gasteiger partial charge in [0, 0.05) is 27.7 Å². The summed E-state index contributed by atoms with van der Waals surface area (Å²) in [6.07, 6.45) is 0. The van der Waals surface area contributed by atoms with Gasteiger partial charge in [-0.25, -0.2) is 8.42 Å². The summed E-state index contributed by atoms with van der Waals surface area (Å²) in [4.78, 5) is 2.90. The Morgan fingerprint density at radius 1 is 0.486 bits per heavy atom. The van der Waals surface area contributed by atoms with Crippen molar-refractivity contribution in [3.63, 3.8) is 0 Å². The van der Waals surface area contributed by atoms with Gasteiger partial charge in [0.1, 0.15) is 0 Å². The molecule has 0 saturated carbocycles. The Labute approximate surface area is 207 Å². The van der Waals surface area contributed by atoms with Crippen LogP contribution in [0, 0.1) is 0 Å². The molecule has 1 unspecified atom stereocenters. The van der Waals surface area contributed by atoms with Crippen molar-refractivity contribution in [1.29, 1.82) is 0 Å². The van der Waals surface area contributed by atoms with E-state index in [4.69, 9.17) is 0 Å². The highest BCUT2D eigenvalue weighted by atomic mass is 32.2. The van der Waals surface area contributed by atoms with E-state index in [1.54, 1.807) is 6.07 Å². The van der Waals surface area contributed by atoms with Crippen LogP contribution in [0.25, 0.3) is 0 Å². The van der Waals surface area contributed by atoms with Gasteiger partial charge in [-0.3, -0.25) is 0 Å². The van der Waals surface area contributed by atoms with Crippen LogP contribution in [-0.4, -0.2) is 8.42 Å². The summed E-state index contributed by atoms with van der Waals surface area (Å²) < 4.78 is 27.8. The van der Waals surface area contributed by atoms with Crippen molar-refractivity contribution in [3.8, 4) is 0 Å². The van der Waals surface area contributed by atoms with Gasteiger partial charge in [0.15, 0.2) is 0 Å². The molecule has 0 aliphatic carbocycles. The van der Waals surface area contributed by atoms with E-state index in [1.807, 2.05) is 115 Å². The number of hydrogen-bond acceptors (Lipinski definition) is 3. The van der Waals surface area contributed by atoms with Crippen molar-refractivity contribution in [2.45, 2.75) is 9.79 Å². The molecule has 0 spiro atoms. The Morgan fingerprint density at radius 2 is 1.00 bits per heavy atom. The average molecular weight is 492 g/mol. The van der Waals surface area contributed by atoms with E-state index in [2.05, 4.69) is 17.0 Å². The molecule has 0 amide bonds. The van der Waals surface area contributed by atoms with Crippen LogP contribution in [-0.2, 0) is 9.84 Å². The third-order valence-corrected chi connectivity index (χ3v) is 10.9. The minimum absolute atomic E-state index is 0.389. The number of fused-ring (bicyclic) bond motifs is 2. The first-order valence-electron chi connectivity index (χ1n) is 11.4. The molecule has 0 N–H and O–H groups in total. The first-order valence-corrected chi connectivity index (χ1v) is 14.2. The molecular formula is C30H22NO2PS. The summed E-state index contributed by atoms with van der Waals surface area (Å²) in [5.74, 6) is 0. The summed E-state index contributed by atoms with van der Waals surface area (Å²) >= 11 is 0. The second-order valence-corrected chi connectivity index (χ2v) is 12.3. The zero-order valence-electron chi connectivity index (χ0n) is 18.8. The molecule has 6 rings (SSSR count). The first kappa shape index (κ1) is 21.8. The van der Waals surface area contributed by atoms with Gasteiger partial charge in [-0.05, 0) is 55.7 Å². The van der Waals surface area contributed by atoms with Gasteiger partial charge < -0.3 is 4.90 Å². The lowest BCUT2D eigenvalue weighted by Gasteiger charge is -2.31. The van der Waals surface area contributed by atoms with Gasteiger partial charge in [0.2, 0.25) is 9.84 Å². The zero-order valence-corrected chi connectivity index (χ0v) is 20.5. The topological polar surface area (TPSA) is 37.4 Å². The maximum Gasteiger partial charge on any atom is 0.207 e. The van der Waals surface area contributed by atoms with Crippen molar-refractivity contribution in [3.05, 3.63) is 133 Å². The highest BCUT2D eigenvalue weighted by Crippen LogP contribution is 2.45. The molecule has 1 aliphatic rings. The molecule has 5 aromatic rings. The normalized spacial score (nSPS) is 15.6. The molecule has 3 nitrogen and oxygen atoms in total. The van der Waals surface area contributed by atoms with Crippen molar-refractivity contribution in [2.75, 3.05) is 4.90 Å². The van der Waals surface area contributed by atoms with E-state index in [9.17, 15) is 8.42 Å². The lowest BCUT2D eigenvalue weighted by atomic mass is 10.2. The molecule has 0 aromatic heterocycles. The largest absolute Gasteiger partial charge is 0.310 e. The van der Waals surface area contributed by atoms with Crippen LogP contribution in [0.4, 0.5) is 17.1 Å². The monoisotopic (exact) mass is 491 g/mol. The molecular weight excluding hydrogens is 469 g/mol. The van der Waals surface area contributed by atoms with E-state index in [1.165, 1.54) is 0 Å². The van der Waals surface area contributed by atoms with Gasteiger partial charge >= 0.3 is 0 Å². The number of benzene rings is 5. The van der Waals surface area contributed by atoms with Gasteiger partial charge in [-0.1, -0.05) is 91.0 Å². The Hall–Kier alpha value is -3.72. The molecule has 1 heterocycles. The number of para-hydroxylation sites is 2. The lowest BCUT2D eigenvalue weighted by molar-refractivity contribution is 0.597.